The van der Waals surface area contributed by atoms with Gasteiger partial charge >= 0.3 is 5.97 Å². The summed E-state index contributed by atoms with van der Waals surface area (Å²) >= 11 is 0. The van der Waals surface area contributed by atoms with Crippen molar-refractivity contribution in [1.82, 2.24) is 0 Å². The molecule has 0 aromatic rings. The van der Waals surface area contributed by atoms with Crippen molar-refractivity contribution in [2.75, 3.05) is 6.54 Å². The van der Waals surface area contributed by atoms with E-state index in [0.717, 1.165) is 25.7 Å². The Balaban J connectivity index is 2.48. The molecule has 0 spiro atoms. The van der Waals surface area contributed by atoms with E-state index in [9.17, 15) is 4.79 Å². The molecule has 3 heteroatoms. The van der Waals surface area contributed by atoms with Crippen LogP contribution in [0.25, 0.3) is 0 Å². The zero-order valence-electron chi connectivity index (χ0n) is 9.87. The third-order valence-corrected chi connectivity index (χ3v) is 3.41. The minimum atomic E-state index is -0.0282. The molecule has 0 aliphatic heterocycles. The summed E-state index contributed by atoms with van der Waals surface area (Å²) < 4.78 is 5.38. The largest absolute Gasteiger partial charge is 0.462 e. The van der Waals surface area contributed by atoms with Gasteiger partial charge in [0.1, 0.15) is 0 Å². The van der Waals surface area contributed by atoms with Crippen LogP contribution in [0.15, 0.2) is 0 Å². The van der Waals surface area contributed by atoms with Crippen LogP contribution in [0.5, 0.6) is 0 Å². The van der Waals surface area contributed by atoms with Crippen molar-refractivity contribution in [3.05, 3.63) is 0 Å². The van der Waals surface area contributed by atoms with Crippen LogP contribution < -0.4 is 5.73 Å². The van der Waals surface area contributed by atoms with Gasteiger partial charge in [0.25, 0.3) is 0 Å². The van der Waals surface area contributed by atoms with Crippen LogP contribution in [-0.4, -0.2) is 18.6 Å². The maximum absolute atomic E-state index is 11.9. The molecule has 15 heavy (non-hydrogen) atoms. The average molecular weight is 213 g/mol. The maximum Gasteiger partial charge on any atom is 0.309 e. The third-order valence-electron chi connectivity index (χ3n) is 3.41. The summed E-state index contributed by atoms with van der Waals surface area (Å²) in [6.07, 6.45) is 5.30. The number of nitrogens with two attached hydrogens (primary N) is 1. The van der Waals surface area contributed by atoms with Crippen molar-refractivity contribution >= 4 is 5.97 Å². The lowest BCUT2D eigenvalue weighted by Crippen LogP contribution is -2.34. The lowest BCUT2D eigenvalue weighted by Gasteiger charge is -2.29. The van der Waals surface area contributed by atoms with E-state index in [1.165, 1.54) is 6.42 Å². The van der Waals surface area contributed by atoms with Crippen molar-refractivity contribution in [2.45, 2.75) is 52.1 Å². The molecule has 0 aromatic heterocycles. The lowest BCUT2D eigenvalue weighted by molar-refractivity contribution is -0.156. The molecule has 0 heterocycles. The predicted molar refractivity (Wildman–Crippen MR) is 60.3 cm³/mol. The fourth-order valence-electron chi connectivity index (χ4n) is 2.17. The second-order valence-corrected chi connectivity index (χ2v) is 4.54. The van der Waals surface area contributed by atoms with E-state index in [-0.39, 0.29) is 18.0 Å². The predicted octanol–water partition coefficient (Wildman–Crippen LogP) is 2.09. The van der Waals surface area contributed by atoms with Gasteiger partial charge in [-0.3, -0.25) is 4.79 Å². The molecule has 0 bridgehead atoms. The second kappa shape index (κ2) is 6.11. The summed E-state index contributed by atoms with van der Waals surface area (Å²) in [6, 6.07) is 0. The minimum Gasteiger partial charge on any atom is -0.462 e. The van der Waals surface area contributed by atoms with Gasteiger partial charge in [-0.05, 0) is 38.6 Å². The first-order valence-corrected chi connectivity index (χ1v) is 6.09. The molecule has 1 aliphatic carbocycles. The zero-order valence-corrected chi connectivity index (χ0v) is 9.87. The van der Waals surface area contributed by atoms with E-state index in [4.69, 9.17) is 10.5 Å². The van der Waals surface area contributed by atoms with Crippen LogP contribution in [0, 0.1) is 11.8 Å². The van der Waals surface area contributed by atoms with Crippen LogP contribution >= 0.6 is 0 Å². The van der Waals surface area contributed by atoms with Crippen LogP contribution in [-0.2, 0) is 9.53 Å². The number of carbonyl (C=O) groups excluding carboxylic acids is 1. The number of hydrogen-bond acceptors (Lipinski definition) is 3. The molecule has 1 rings (SSSR count). The normalized spacial score (nSPS) is 28.5. The van der Waals surface area contributed by atoms with Gasteiger partial charge in [0.15, 0.2) is 0 Å². The first kappa shape index (κ1) is 12.5. The second-order valence-electron chi connectivity index (χ2n) is 4.54. The highest BCUT2D eigenvalue weighted by Gasteiger charge is 2.31. The SMILES string of the molecule is CCC(C)OC(=O)C1CCCCC1CN. The van der Waals surface area contributed by atoms with Crippen molar-refractivity contribution in [2.24, 2.45) is 17.6 Å². The van der Waals surface area contributed by atoms with E-state index < -0.39 is 0 Å². The topological polar surface area (TPSA) is 52.3 Å². The number of esters is 1. The summed E-state index contributed by atoms with van der Waals surface area (Å²) in [5.74, 6) is 0.368. The van der Waals surface area contributed by atoms with E-state index >= 15 is 0 Å². The molecule has 0 radical (unpaired) electrons. The quantitative estimate of drug-likeness (QED) is 0.727. The highest BCUT2D eigenvalue weighted by molar-refractivity contribution is 5.73. The third kappa shape index (κ3) is 3.49. The number of ether oxygens (including phenoxy) is 1. The summed E-state index contributed by atoms with van der Waals surface area (Å²) in [4.78, 5) is 11.9. The number of hydrogen-bond donors (Lipinski definition) is 1. The Morgan fingerprint density at radius 2 is 2.13 bits per heavy atom. The number of rotatable bonds is 4. The Morgan fingerprint density at radius 1 is 1.47 bits per heavy atom. The van der Waals surface area contributed by atoms with E-state index in [2.05, 4.69) is 0 Å². The Labute approximate surface area is 92.4 Å². The fraction of sp³-hybridized carbons (Fsp3) is 0.917. The van der Waals surface area contributed by atoms with Gasteiger partial charge in [-0.2, -0.15) is 0 Å². The molecule has 3 atom stereocenters. The first-order chi connectivity index (χ1) is 7.19. The van der Waals surface area contributed by atoms with Crippen LogP contribution in [0.2, 0.25) is 0 Å². The minimum absolute atomic E-state index is 0.0282. The van der Waals surface area contributed by atoms with Gasteiger partial charge in [-0.1, -0.05) is 19.8 Å². The number of carbonyl (C=O) groups is 1. The van der Waals surface area contributed by atoms with Crippen molar-refractivity contribution in [3.63, 3.8) is 0 Å². The van der Waals surface area contributed by atoms with E-state index in [1.54, 1.807) is 0 Å². The van der Waals surface area contributed by atoms with Crippen molar-refractivity contribution in [3.8, 4) is 0 Å². The maximum atomic E-state index is 11.9. The standard InChI is InChI=1S/C12H23NO2/c1-3-9(2)15-12(14)11-7-5-4-6-10(11)8-13/h9-11H,3-8,13H2,1-2H3. The van der Waals surface area contributed by atoms with E-state index in [1.807, 2.05) is 13.8 Å². The van der Waals surface area contributed by atoms with Gasteiger partial charge in [0.2, 0.25) is 0 Å². The van der Waals surface area contributed by atoms with E-state index in [0.29, 0.717) is 12.5 Å². The fourth-order valence-corrected chi connectivity index (χ4v) is 2.17. The summed E-state index contributed by atoms with van der Waals surface area (Å²) in [6.45, 7) is 4.58. The molecule has 2 N–H and O–H groups in total. The molecule has 0 amide bonds. The van der Waals surface area contributed by atoms with Crippen molar-refractivity contribution in [1.29, 1.82) is 0 Å². The Hall–Kier alpha value is -0.570. The molecule has 3 unspecified atom stereocenters. The molecule has 0 saturated heterocycles. The summed E-state index contributed by atoms with van der Waals surface area (Å²) in [5.41, 5.74) is 5.69. The Morgan fingerprint density at radius 3 is 2.73 bits per heavy atom. The van der Waals surface area contributed by atoms with Gasteiger partial charge in [0.05, 0.1) is 12.0 Å². The van der Waals surface area contributed by atoms with Crippen LogP contribution in [0.3, 0.4) is 0 Å². The molecular formula is C12H23NO2. The molecule has 1 saturated carbocycles. The zero-order chi connectivity index (χ0) is 11.3. The average Bonchev–Trinajstić information content (AvgIpc) is 2.28. The molecule has 1 fully saturated rings. The summed E-state index contributed by atoms with van der Waals surface area (Å²) in [7, 11) is 0. The molecule has 88 valence electrons. The van der Waals surface area contributed by atoms with Gasteiger partial charge in [0, 0.05) is 0 Å². The molecule has 1 aliphatic rings. The lowest BCUT2D eigenvalue weighted by atomic mass is 9.79. The Bertz CT molecular complexity index is 206. The summed E-state index contributed by atoms with van der Waals surface area (Å²) in [5, 5.41) is 0. The highest BCUT2D eigenvalue weighted by atomic mass is 16.5. The molecule has 3 nitrogen and oxygen atoms in total. The first-order valence-electron chi connectivity index (χ1n) is 6.09. The monoisotopic (exact) mass is 213 g/mol. The smallest absolute Gasteiger partial charge is 0.309 e. The molecule has 0 aromatic carbocycles. The Kier molecular flexibility index (Phi) is 5.09. The molecular weight excluding hydrogens is 190 g/mol. The van der Waals surface area contributed by atoms with Gasteiger partial charge in [-0.25, -0.2) is 0 Å². The highest BCUT2D eigenvalue weighted by Crippen LogP contribution is 2.30. The van der Waals surface area contributed by atoms with Crippen molar-refractivity contribution < 1.29 is 9.53 Å². The van der Waals surface area contributed by atoms with Crippen LogP contribution in [0.4, 0.5) is 0 Å². The van der Waals surface area contributed by atoms with Gasteiger partial charge < -0.3 is 10.5 Å². The van der Waals surface area contributed by atoms with Crippen LogP contribution in [0.1, 0.15) is 46.0 Å². The van der Waals surface area contributed by atoms with Gasteiger partial charge in [-0.15, -0.1) is 0 Å².